The van der Waals surface area contributed by atoms with Crippen LogP contribution in [0.1, 0.15) is 13.8 Å². The fourth-order valence-corrected chi connectivity index (χ4v) is 2.95. The van der Waals surface area contributed by atoms with Crippen LogP contribution in [0.5, 0.6) is 0 Å². The lowest BCUT2D eigenvalue weighted by Crippen LogP contribution is -2.44. The molecule has 1 aliphatic rings. The molecule has 1 atom stereocenters. The Morgan fingerprint density at radius 1 is 1.24 bits per heavy atom. The van der Waals surface area contributed by atoms with Crippen molar-refractivity contribution in [3.63, 3.8) is 0 Å². The lowest BCUT2D eigenvalue weighted by molar-refractivity contribution is -0.192. The number of nitrogens with zero attached hydrogens (tertiary/aromatic N) is 5. The Labute approximate surface area is 191 Å². The number of hydrogen-bond acceptors (Lipinski definition) is 8. The van der Waals surface area contributed by atoms with E-state index in [9.17, 15) is 22.8 Å². The summed E-state index contributed by atoms with van der Waals surface area (Å²) in [5.74, 6) is 2.87. The number of halogens is 3. The molecule has 4 N–H and O–H groups in total. The van der Waals surface area contributed by atoms with Crippen molar-refractivity contribution in [1.82, 2.24) is 24.4 Å². The monoisotopic (exact) mass is 487 g/mol. The molecule has 3 heterocycles. The minimum Gasteiger partial charge on any atom is -0.480 e. The van der Waals surface area contributed by atoms with Crippen molar-refractivity contribution < 1.29 is 33.0 Å². The standard InChI is InChI=1S/C17H23N7O3.C2HF3O2/c1-4-5-8-24-12-13(21-17(24)23-9-6-18-7-10-23)20-16(22(3)14(12)25)19-11(2)15(26)27;3-2(4,5)1(6)7/h11,18H,6-10H2,1-3H3,(H,19,20)(H,26,27);(H,6,7)/t11-;/m0./s1. The highest BCUT2D eigenvalue weighted by Crippen LogP contribution is 2.21. The average Bonchev–Trinajstić information content (AvgIpc) is 3.14. The summed E-state index contributed by atoms with van der Waals surface area (Å²) < 4.78 is 34.8. The molecule has 0 unspecified atom stereocenters. The molecule has 0 saturated carbocycles. The molecule has 0 aromatic carbocycles. The first kappa shape index (κ1) is 26.5. The second-order valence-corrected chi connectivity index (χ2v) is 7.14. The van der Waals surface area contributed by atoms with Gasteiger partial charge in [-0.3, -0.25) is 18.7 Å². The number of carboxylic acid groups (broad SMARTS) is 2. The first-order chi connectivity index (χ1) is 15.9. The van der Waals surface area contributed by atoms with E-state index in [2.05, 4.69) is 37.3 Å². The Bertz CT molecular complexity index is 1170. The summed E-state index contributed by atoms with van der Waals surface area (Å²) >= 11 is 0. The van der Waals surface area contributed by atoms with E-state index in [4.69, 9.17) is 15.0 Å². The van der Waals surface area contributed by atoms with Gasteiger partial charge in [0, 0.05) is 33.2 Å². The van der Waals surface area contributed by atoms with Gasteiger partial charge in [-0.25, -0.2) is 4.79 Å². The van der Waals surface area contributed by atoms with Crippen LogP contribution in [-0.4, -0.2) is 79.7 Å². The molecule has 0 spiro atoms. The molecule has 34 heavy (non-hydrogen) atoms. The van der Waals surface area contributed by atoms with Crippen LogP contribution >= 0.6 is 0 Å². The maximum absolute atomic E-state index is 13.0. The van der Waals surface area contributed by atoms with Gasteiger partial charge in [0.1, 0.15) is 6.04 Å². The van der Waals surface area contributed by atoms with Gasteiger partial charge < -0.3 is 25.7 Å². The molecule has 12 nitrogen and oxygen atoms in total. The van der Waals surface area contributed by atoms with Crippen LogP contribution in [0.3, 0.4) is 0 Å². The van der Waals surface area contributed by atoms with Gasteiger partial charge in [-0.1, -0.05) is 5.92 Å². The summed E-state index contributed by atoms with van der Waals surface area (Å²) in [5.41, 5.74) is 0.346. The molecule has 0 aliphatic carbocycles. The van der Waals surface area contributed by atoms with E-state index in [1.807, 2.05) is 0 Å². The number of rotatable bonds is 5. The Hall–Kier alpha value is -3.80. The minimum absolute atomic E-state index is 0.167. The number of carbonyl (C=O) groups is 2. The third-order valence-electron chi connectivity index (χ3n) is 4.74. The number of nitrogens with one attached hydrogen (secondary N) is 2. The molecule has 2 aromatic rings. The predicted molar refractivity (Wildman–Crippen MR) is 116 cm³/mol. The highest BCUT2D eigenvalue weighted by atomic mass is 19.4. The van der Waals surface area contributed by atoms with Crippen LogP contribution in [0.15, 0.2) is 4.79 Å². The summed E-state index contributed by atoms with van der Waals surface area (Å²) in [6, 6.07) is -0.888. The maximum atomic E-state index is 13.0. The molecule has 1 saturated heterocycles. The van der Waals surface area contributed by atoms with Crippen LogP contribution < -0.4 is 21.1 Å². The van der Waals surface area contributed by atoms with E-state index in [1.165, 1.54) is 11.5 Å². The number of aromatic nitrogens is 4. The number of imidazole rings is 1. The second-order valence-electron chi connectivity index (χ2n) is 7.14. The Morgan fingerprint density at radius 3 is 2.32 bits per heavy atom. The Kier molecular flexibility index (Phi) is 8.46. The fraction of sp³-hybridized carbons (Fsp3) is 0.526. The number of alkyl halides is 3. The number of anilines is 2. The molecular formula is C19H24F3N7O5. The molecule has 15 heteroatoms. The van der Waals surface area contributed by atoms with Crippen LogP contribution in [0, 0.1) is 11.8 Å². The first-order valence-corrected chi connectivity index (χ1v) is 10.0. The number of hydrogen-bond donors (Lipinski definition) is 4. The minimum atomic E-state index is -5.08. The average molecular weight is 487 g/mol. The van der Waals surface area contributed by atoms with Crippen LogP contribution in [0.2, 0.25) is 0 Å². The molecule has 2 aromatic heterocycles. The van der Waals surface area contributed by atoms with Gasteiger partial charge in [0.25, 0.3) is 5.56 Å². The van der Waals surface area contributed by atoms with Crippen LogP contribution in [0.4, 0.5) is 25.1 Å². The summed E-state index contributed by atoms with van der Waals surface area (Å²) in [4.78, 5) is 44.1. The van der Waals surface area contributed by atoms with E-state index >= 15 is 0 Å². The smallest absolute Gasteiger partial charge is 0.480 e. The van der Waals surface area contributed by atoms with Gasteiger partial charge in [-0.15, -0.1) is 5.92 Å². The van der Waals surface area contributed by atoms with Crippen molar-refractivity contribution in [2.75, 3.05) is 36.4 Å². The summed E-state index contributed by atoms with van der Waals surface area (Å²) in [6.07, 6.45) is -5.08. The maximum Gasteiger partial charge on any atom is 0.490 e. The Balaban J connectivity index is 0.000000509. The second kappa shape index (κ2) is 10.9. The van der Waals surface area contributed by atoms with Crippen LogP contribution in [0.25, 0.3) is 11.2 Å². The zero-order valence-corrected chi connectivity index (χ0v) is 18.6. The molecule has 1 aliphatic heterocycles. The SMILES string of the molecule is CC#CCn1c(N2CCNCC2)nc2nc(N[C@@H](C)C(=O)O)n(C)c(=O)c21.O=C(O)C(F)(F)F. The van der Waals surface area contributed by atoms with E-state index in [1.54, 1.807) is 18.5 Å². The zero-order chi connectivity index (χ0) is 25.6. The van der Waals surface area contributed by atoms with Gasteiger partial charge in [-0.05, 0) is 13.8 Å². The van der Waals surface area contributed by atoms with Gasteiger partial charge in [0.15, 0.2) is 11.2 Å². The summed E-state index contributed by atoms with van der Waals surface area (Å²) in [6.45, 7) is 6.76. The van der Waals surface area contributed by atoms with E-state index in [-0.39, 0.29) is 17.2 Å². The van der Waals surface area contributed by atoms with E-state index in [0.717, 1.165) is 26.2 Å². The number of fused-ring (bicyclic) bond motifs is 1. The highest BCUT2D eigenvalue weighted by Gasteiger charge is 2.38. The topological polar surface area (TPSA) is 155 Å². The molecular weight excluding hydrogens is 463 g/mol. The molecule has 186 valence electrons. The first-order valence-electron chi connectivity index (χ1n) is 10.0. The molecule has 1 fully saturated rings. The highest BCUT2D eigenvalue weighted by molar-refractivity contribution is 5.78. The zero-order valence-electron chi connectivity index (χ0n) is 18.6. The van der Waals surface area contributed by atoms with Gasteiger partial charge in [0.05, 0.1) is 6.54 Å². The van der Waals surface area contributed by atoms with Crippen molar-refractivity contribution in [3.8, 4) is 11.8 Å². The van der Waals surface area contributed by atoms with Crippen molar-refractivity contribution in [3.05, 3.63) is 10.4 Å². The molecule has 3 rings (SSSR count). The Morgan fingerprint density at radius 2 is 1.82 bits per heavy atom. The van der Waals surface area contributed by atoms with Gasteiger partial charge >= 0.3 is 18.1 Å². The van der Waals surface area contributed by atoms with E-state index in [0.29, 0.717) is 18.0 Å². The summed E-state index contributed by atoms with van der Waals surface area (Å²) in [5, 5.41) is 22.3. The van der Waals surface area contributed by atoms with Gasteiger partial charge in [0.2, 0.25) is 11.9 Å². The number of carboxylic acids is 2. The van der Waals surface area contributed by atoms with Crippen LogP contribution in [-0.2, 0) is 23.2 Å². The molecule has 0 amide bonds. The third kappa shape index (κ3) is 6.16. The number of piperazine rings is 1. The van der Waals surface area contributed by atoms with Gasteiger partial charge in [-0.2, -0.15) is 23.1 Å². The molecule has 0 bridgehead atoms. The lowest BCUT2D eigenvalue weighted by Gasteiger charge is -2.28. The van der Waals surface area contributed by atoms with E-state index < -0.39 is 24.2 Å². The summed E-state index contributed by atoms with van der Waals surface area (Å²) in [7, 11) is 1.55. The quantitative estimate of drug-likeness (QED) is 0.426. The molecule has 0 radical (unpaired) electrons. The number of aliphatic carboxylic acids is 2. The normalized spacial score (nSPS) is 14.5. The van der Waals surface area contributed by atoms with Crippen molar-refractivity contribution in [2.45, 2.75) is 32.6 Å². The predicted octanol–water partition coefficient (Wildman–Crippen LogP) is 0.0812. The lowest BCUT2D eigenvalue weighted by atomic mass is 10.3. The third-order valence-corrected chi connectivity index (χ3v) is 4.74. The van der Waals surface area contributed by atoms with Crippen molar-refractivity contribution in [1.29, 1.82) is 0 Å². The van der Waals surface area contributed by atoms with Crippen molar-refractivity contribution in [2.24, 2.45) is 7.05 Å². The van der Waals surface area contributed by atoms with Crippen molar-refractivity contribution >= 4 is 35.0 Å². The fourth-order valence-electron chi connectivity index (χ4n) is 2.95. The largest absolute Gasteiger partial charge is 0.490 e.